The third-order valence-corrected chi connectivity index (χ3v) is 4.98. The van der Waals surface area contributed by atoms with Gasteiger partial charge in [0.05, 0.1) is 12.3 Å². The monoisotopic (exact) mass is 372 g/mol. The maximum Gasteiger partial charge on any atom is 0.307 e. The number of carboxylic acids is 2. The molecule has 3 N–H and O–H groups in total. The summed E-state index contributed by atoms with van der Waals surface area (Å²) in [5.74, 6) is -2.75. The fraction of sp³-hybridized carbons (Fsp3) is 0.905. The lowest BCUT2D eigenvalue weighted by Gasteiger charge is -2.09. The number of carbonyl (C=O) groups is 2. The molecular formula is C21H40O5. The molecular weight excluding hydrogens is 332 g/mol. The predicted molar refractivity (Wildman–Crippen MR) is 104 cm³/mol. The van der Waals surface area contributed by atoms with Crippen LogP contribution in [0.25, 0.3) is 0 Å². The van der Waals surface area contributed by atoms with E-state index in [4.69, 9.17) is 15.3 Å². The van der Waals surface area contributed by atoms with Gasteiger partial charge >= 0.3 is 11.9 Å². The van der Waals surface area contributed by atoms with Crippen molar-refractivity contribution in [2.45, 2.75) is 109 Å². The molecule has 0 aromatic heterocycles. The first-order chi connectivity index (χ1) is 12.6. The average Bonchev–Trinajstić information content (AvgIpc) is 2.59. The van der Waals surface area contributed by atoms with Crippen molar-refractivity contribution in [3.05, 3.63) is 0 Å². The zero-order valence-corrected chi connectivity index (χ0v) is 16.5. The Morgan fingerprint density at radius 3 is 1.23 bits per heavy atom. The van der Waals surface area contributed by atoms with Gasteiger partial charge in [-0.3, -0.25) is 9.59 Å². The van der Waals surface area contributed by atoms with Crippen LogP contribution in [-0.4, -0.2) is 33.9 Å². The minimum atomic E-state index is -1.03. The molecule has 0 amide bonds. The van der Waals surface area contributed by atoms with Crippen LogP contribution in [-0.2, 0) is 9.59 Å². The second kappa shape index (κ2) is 18.7. The first-order valence-electron chi connectivity index (χ1n) is 10.6. The minimum absolute atomic E-state index is 0.266. The fourth-order valence-electron chi connectivity index (χ4n) is 3.32. The largest absolute Gasteiger partial charge is 0.481 e. The Balaban J connectivity index is 3.26. The van der Waals surface area contributed by atoms with Crippen LogP contribution in [0.2, 0.25) is 0 Å². The summed E-state index contributed by atoms with van der Waals surface area (Å²) < 4.78 is 0. The number of carboxylic acid groups (broad SMARTS) is 2. The Morgan fingerprint density at radius 1 is 0.577 bits per heavy atom. The molecule has 0 aromatic rings. The van der Waals surface area contributed by atoms with E-state index in [2.05, 4.69) is 0 Å². The highest BCUT2D eigenvalue weighted by molar-refractivity contribution is 5.77. The molecule has 0 aromatic carbocycles. The van der Waals surface area contributed by atoms with Crippen LogP contribution in [0.15, 0.2) is 0 Å². The third kappa shape index (κ3) is 17.7. The van der Waals surface area contributed by atoms with Crippen LogP contribution in [0.5, 0.6) is 0 Å². The van der Waals surface area contributed by atoms with Crippen LogP contribution in [0.3, 0.4) is 0 Å². The Hall–Kier alpha value is -1.10. The molecule has 0 aliphatic carbocycles. The summed E-state index contributed by atoms with van der Waals surface area (Å²) in [6.07, 6.45) is 18.2. The van der Waals surface area contributed by atoms with Crippen molar-refractivity contribution in [1.29, 1.82) is 0 Å². The molecule has 26 heavy (non-hydrogen) atoms. The highest BCUT2D eigenvalue weighted by Gasteiger charge is 2.20. The molecule has 1 atom stereocenters. The van der Waals surface area contributed by atoms with Crippen LogP contribution >= 0.6 is 0 Å². The van der Waals surface area contributed by atoms with Gasteiger partial charge in [-0.1, -0.05) is 89.9 Å². The van der Waals surface area contributed by atoms with Crippen LogP contribution < -0.4 is 0 Å². The number of unbranched alkanes of at least 4 members (excludes halogenated alkanes) is 14. The van der Waals surface area contributed by atoms with Crippen molar-refractivity contribution in [2.75, 3.05) is 6.61 Å². The lowest BCUT2D eigenvalue weighted by atomic mass is 9.97. The van der Waals surface area contributed by atoms with Crippen LogP contribution in [0, 0.1) is 5.92 Å². The van der Waals surface area contributed by atoms with Gasteiger partial charge in [-0.05, 0) is 12.8 Å². The molecule has 0 radical (unpaired) electrons. The number of rotatable bonds is 20. The Kier molecular flexibility index (Phi) is 17.9. The molecule has 0 spiro atoms. The molecule has 0 bridgehead atoms. The number of hydrogen-bond acceptors (Lipinski definition) is 3. The summed E-state index contributed by atoms with van der Waals surface area (Å²) in [4.78, 5) is 21.6. The van der Waals surface area contributed by atoms with E-state index in [0.29, 0.717) is 13.0 Å². The van der Waals surface area contributed by atoms with E-state index in [1.165, 1.54) is 64.2 Å². The highest BCUT2D eigenvalue weighted by atomic mass is 16.4. The summed E-state index contributed by atoms with van der Waals surface area (Å²) >= 11 is 0. The van der Waals surface area contributed by atoms with E-state index in [0.717, 1.165) is 32.1 Å². The SMILES string of the molecule is O=C(O)CC(CCCCCCCCCCCCCCCCCO)C(=O)O. The number of hydrogen-bond donors (Lipinski definition) is 3. The number of aliphatic carboxylic acids is 2. The zero-order valence-electron chi connectivity index (χ0n) is 16.5. The van der Waals surface area contributed by atoms with Crippen molar-refractivity contribution in [2.24, 2.45) is 5.92 Å². The van der Waals surface area contributed by atoms with Crippen molar-refractivity contribution < 1.29 is 24.9 Å². The summed E-state index contributed by atoms with van der Waals surface area (Å²) in [5.41, 5.74) is 0. The quantitative estimate of drug-likeness (QED) is 0.249. The lowest BCUT2D eigenvalue weighted by molar-refractivity contribution is -0.148. The molecule has 5 nitrogen and oxygen atoms in total. The maximum absolute atomic E-state index is 11.0. The second-order valence-corrected chi connectivity index (χ2v) is 7.45. The van der Waals surface area contributed by atoms with Crippen molar-refractivity contribution in [3.8, 4) is 0 Å². The van der Waals surface area contributed by atoms with Gasteiger partial charge in [0.1, 0.15) is 0 Å². The normalized spacial score (nSPS) is 12.2. The molecule has 0 fully saturated rings. The molecule has 0 saturated heterocycles. The summed E-state index contributed by atoms with van der Waals surface area (Å²) in [7, 11) is 0. The Labute approximate surface area is 159 Å². The van der Waals surface area contributed by atoms with Gasteiger partial charge in [0.25, 0.3) is 0 Å². The van der Waals surface area contributed by atoms with Crippen LogP contribution in [0.4, 0.5) is 0 Å². The van der Waals surface area contributed by atoms with Crippen molar-refractivity contribution in [1.82, 2.24) is 0 Å². The molecule has 154 valence electrons. The average molecular weight is 373 g/mol. The predicted octanol–water partition coefficient (Wildman–Crippen LogP) is 5.40. The molecule has 0 aliphatic rings. The van der Waals surface area contributed by atoms with Gasteiger partial charge in [0.2, 0.25) is 0 Å². The lowest BCUT2D eigenvalue weighted by Crippen LogP contribution is -2.17. The standard InChI is InChI=1S/C21H40O5/c22-17-15-13-11-9-7-5-3-1-2-4-6-8-10-12-14-16-19(21(25)26)18-20(23)24/h19,22H,1-18H2,(H,23,24)(H,25,26). The smallest absolute Gasteiger partial charge is 0.307 e. The van der Waals surface area contributed by atoms with Gasteiger partial charge in [0, 0.05) is 6.61 Å². The summed E-state index contributed by atoms with van der Waals surface area (Å²) in [5, 5.41) is 26.4. The van der Waals surface area contributed by atoms with Crippen molar-refractivity contribution in [3.63, 3.8) is 0 Å². The van der Waals surface area contributed by atoms with E-state index >= 15 is 0 Å². The van der Waals surface area contributed by atoms with E-state index in [9.17, 15) is 9.59 Å². The Morgan fingerprint density at radius 2 is 0.923 bits per heavy atom. The van der Waals surface area contributed by atoms with Crippen LogP contribution in [0.1, 0.15) is 109 Å². The summed E-state index contributed by atoms with van der Waals surface area (Å²) in [6.45, 7) is 0.327. The Bertz CT molecular complexity index is 343. The molecule has 5 heteroatoms. The van der Waals surface area contributed by atoms with Gasteiger partial charge < -0.3 is 15.3 Å². The maximum atomic E-state index is 11.0. The van der Waals surface area contributed by atoms with E-state index in [-0.39, 0.29) is 6.42 Å². The fourth-order valence-corrected chi connectivity index (χ4v) is 3.32. The van der Waals surface area contributed by atoms with Gasteiger partial charge in [0.15, 0.2) is 0 Å². The molecule has 1 unspecified atom stereocenters. The van der Waals surface area contributed by atoms with Gasteiger partial charge in [-0.25, -0.2) is 0 Å². The molecule has 0 heterocycles. The number of aliphatic hydroxyl groups is 1. The zero-order chi connectivity index (χ0) is 19.5. The first-order valence-corrected chi connectivity index (χ1v) is 10.6. The summed E-state index contributed by atoms with van der Waals surface area (Å²) in [6, 6.07) is 0. The molecule has 0 saturated carbocycles. The highest BCUT2D eigenvalue weighted by Crippen LogP contribution is 2.17. The van der Waals surface area contributed by atoms with Gasteiger partial charge in [-0.2, -0.15) is 0 Å². The third-order valence-electron chi connectivity index (χ3n) is 4.98. The number of aliphatic hydroxyl groups excluding tert-OH is 1. The molecule has 0 aliphatic heterocycles. The minimum Gasteiger partial charge on any atom is -0.481 e. The van der Waals surface area contributed by atoms with Gasteiger partial charge in [-0.15, -0.1) is 0 Å². The molecule has 0 rings (SSSR count). The first kappa shape index (κ1) is 24.9. The van der Waals surface area contributed by atoms with E-state index in [1.807, 2.05) is 0 Å². The van der Waals surface area contributed by atoms with E-state index < -0.39 is 17.9 Å². The van der Waals surface area contributed by atoms with E-state index in [1.54, 1.807) is 0 Å². The topological polar surface area (TPSA) is 94.8 Å². The second-order valence-electron chi connectivity index (χ2n) is 7.45. The van der Waals surface area contributed by atoms with Crippen molar-refractivity contribution >= 4 is 11.9 Å².